The molecule has 0 bridgehead atoms. The molecule has 1 aromatic carbocycles. The quantitative estimate of drug-likeness (QED) is 0.923. The van der Waals surface area contributed by atoms with Crippen LogP contribution in [0.5, 0.6) is 0 Å². The minimum atomic E-state index is -0.467. The van der Waals surface area contributed by atoms with Crippen molar-refractivity contribution in [1.82, 2.24) is 14.9 Å². The number of carbonyl (C=O) groups excluding carboxylic acids is 1. The van der Waals surface area contributed by atoms with Gasteiger partial charge in [0.1, 0.15) is 17.7 Å². The number of fused-ring (bicyclic) bond motifs is 1. The molecule has 0 saturated carbocycles. The molecule has 1 aliphatic heterocycles. The lowest BCUT2D eigenvalue weighted by Crippen LogP contribution is -2.36. The summed E-state index contributed by atoms with van der Waals surface area (Å²) in [5.41, 5.74) is 0.442. The predicted molar refractivity (Wildman–Crippen MR) is 89.4 cm³/mol. The van der Waals surface area contributed by atoms with E-state index in [9.17, 15) is 4.79 Å². The van der Waals surface area contributed by atoms with Gasteiger partial charge in [0.25, 0.3) is 0 Å². The second-order valence-corrected chi connectivity index (χ2v) is 6.80. The zero-order chi connectivity index (χ0) is 16.4. The molecule has 1 fully saturated rings. The van der Waals surface area contributed by atoms with E-state index >= 15 is 0 Å². The highest BCUT2D eigenvalue weighted by molar-refractivity contribution is 5.88. The van der Waals surface area contributed by atoms with E-state index < -0.39 is 5.60 Å². The molecule has 6 heteroatoms. The number of likely N-dealkylation sites (tertiary alicyclic amines) is 1. The van der Waals surface area contributed by atoms with Crippen LogP contribution < -0.4 is 5.32 Å². The molecule has 2 heterocycles. The summed E-state index contributed by atoms with van der Waals surface area (Å²) in [6, 6.07) is 8.06. The third-order valence-corrected chi connectivity index (χ3v) is 3.72. The van der Waals surface area contributed by atoms with Gasteiger partial charge < -0.3 is 15.0 Å². The SMILES string of the molecule is CC(C)(C)OC(=O)N1CC[C@@H](Nc2ncnc3ccccc23)C1. The summed E-state index contributed by atoms with van der Waals surface area (Å²) in [6.07, 6.45) is 2.18. The molecule has 2 aromatic rings. The first-order valence-corrected chi connectivity index (χ1v) is 7.86. The molecule has 122 valence electrons. The third-order valence-electron chi connectivity index (χ3n) is 3.72. The highest BCUT2D eigenvalue weighted by Crippen LogP contribution is 2.22. The van der Waals surface area contributed by atoms with E-state index in [2.05, 4.69) is 15.3 Å². The number of rotatable bonds is 2. The Morgan fingerprint density at radius 1 is 1.30 bits per heavy atom. The van der Waals surface area contributed by atoms with Crippen molar-refractivity contribution in [3.63, 3.8) is 0 Å². The van der Waals surface area contributed by atoms with Crippen LogP contribution in [-0.4, -0.2) is 45.7 Å². The maximum atomic E-state index is 12.1. The second kappa shape index (κ2) is 6.02. The Kier molecular flexibility index (Phi) is 4.07. The Labute approximate surface area is 135 Å². The number of carbonyl (C=O) groups is 1. The summed E-state index contributed by atoms with van der Waals surface area (Å²) in [4.78, 5) is 22.5. The van der Waals surface area contributed by atoms with Crippen LogP contribution in [0.4, 0.5) is 10.6 Å². The summed E-state index contributed by atoms with van der Waals surface area (Å²) in [5, 5.41) is 4.42. The van der Waals surface area contributed by atoms with E-state index in [0.29, 0.717) is 13.1 Å². The van der Waals surface area contributed by atoms with Crippen LogP contribution in [0.15, 0.2) is 30.6 Å². The van der Waals surface area contributed by atoms with Gasteiger partial charge >= 0.3 is 6.09 Å². The van der Waals surface area contributed by atoms with Crippen molar-refractivity contribution >= 4 is 22.8 Å². The lowest BCUT2D eigenvalue weighted by Gasteiger charge is -2.24. The first-order valence-electron chi connectivity index (χ1n) is 7.86. The molecular formula is C17H22N4O2. The number of aromatic nitrogens is 2. The monoisotopic (exact) mass is 314 g/mol. The molecular weight excluding hydrogens is 292 g/mol. The summed E-state index contributed by atoms with van der Waals surface area (Å²) >= 11 is 0. The van der Waals surface area contributed by atoms with Crippen molar-refractivity contribution in [2.75, 3.05) is 18.4 Å². The van der Waals surface area contributed by atoms with Gasteiger partial charge in [-0.1, -0.05) is 12.1 Å². The topological polar surface area (TPSA) is 67.3 Å². The van der Waals surface area contributed by atoms with Crippen LogP contribution in [0.1, 0.15) is 27.2 Å². The molecule has 1 aliphatic rings. The smallest absolute Gasteiger partial charge is 0.410 e. The molecule has 1 amide bonds. The zero-order valence-corrected chi connectivity index (χ0v) is 13.7. The molecule has 23 heavy (non-hydrogen) atoms. The predicted octanol–water partition coefficient (Wildman–Crippen LogP) is 3.05. The van der Waals surface area contributed by atoms with Crippen molar-refractivity contribution in [2.24, 2.45) is 0 Å². The zero-order valence-electron chi connectivity index (χ0n) is 13.7. The molecule has 1 aromatic heterocycles. The first kappa shape index (κ1) is 15.5. The van der Waals surface area contributed by atoms with Crippen LogP contribution in [0.3, 0.4) is 0 Å². The molecule has 0 unspecified atom stereocenters. The maximum absolute atomic E-state index is 12.1. The number of para-hydroxylation sites is 1. The number of ether oxygens (including phenoxy) is 1. The third kappa shape index (κ3) is 3.70. The minimum Gasteiger partial charge on any atom is -0.444 e. The Morgan fingerprint density at radius 2 is 2.09 bits per heavy atom. The number of anilines is 1. The lowest BCUT2D eigenvalue weighted by atomic mass is 10.2. The Balaban J connectivity index is 1.67. The van der Waals surface area contributed by atoms with Crippen LogP contribution in [0.2, 0.25) is 0 Å². The maximum Gasteiger partial charge on any atom is 0.410 e. The summed E-state index contributed by atoms with van der Waals surface area (Å²) < 4.78 is 5.42. The van der Waals surface area contributed by atoms with Gasteiger partial charge in [0, 0.05) is 24.5 Å². The van der Waals surface area contributed by atoms with Crippen molar-refractivity contribution in [2.45, 2.75) is 38.8 Å². The van der Waals surface area contributed by atoms with Gasteiger partial charge in [-0.3, -0.25) is 0 Å². The Morgan fingerprint density at radius 3 is 2.87 bits per heavy atom. The van der Waals surface area contributed by atoms with Gasteiger partial charge in [0.2, 0.25) is 0 Å². The largest absolute Gasteiger partial charge is 0.444 e. The first-order chi connectivity index (χ1) is 10.9. The highest BCUT2D eigenvalue weighted by atomic mass is 16.6. The number of amides is 1. The van der Waals surface area contributed by atoms with Crippen molar-refractivity contribution in [3.05, 3.63) is 30.6 Å². The standard InChI is InChI=1S/C17H22N4O2/c1-17(2,3)23-16(22)21-9-8-12(10-21)20-15-13-6-4-5-7-14(13)18-11-19-15/h4-7,11-12H,8-10H2,1-3H3,(H,18,19,20)/t12-/m1/s1. The van der Waals surface area contributed by atoms with Crippen molar-refractivity contribution in [1.29, 1.82) is 0 Å². The summed E-state index contributed by atoms with van der Waals surface area (Å²) in [7, 11) is 0. The van der Waals surface area contributed by atoms with E-state index in [1.165, 1.54) is 0 Å². The minimum absolute atomic E-state index is 0.167. The molecule has 0 spiro atoms. The average molecular weight is 314 g/mol. The van der Waals surface area contributed by atoms with Crippen LogP contribution in [0, 0.1) is 0 Å². The van der Waals surface area contributed by atoms with Gasteiger partial charge in [-0.05, 0) is 39.3 Å². The average Bonchev–Trinajstić information content (AvgIpc) is 2.95. The molecule has 1 N–H and O–H groups in total. The summed E-state index contributed by atoms with van der Waals surface area (Å²) in [5.74, 6) is 0.812. The number of hydrogen-bond donors (Lipinski definition) is 1. The number of benzene rings is 1. The lowest BCUT2D eigenvalue weighted by molar-refractivity contribution is 0.0293. The van der Waals surface area contributed by atoms with Crippen molar-refractivity contribution in [3.8, 4) is 0 Å². The molecule has 1 atom stereocenters. The fraction of sp³-hybridized carbons (Fsp3) is 0.471. The molecule has 3 rings (SSSR count). The van der Waals surface area contributed by atoms with Gasteiger partial charge in [-0.15, -0.1) is 0 Å². The summed E-state index contributed by atoms with van der Waals surface area (Å²) in [6.45, 7) is 6.94. The number of hydrogen-bond acceptors (Lipinski definition) is 5. The highest BCUT2D eigenvalue weighted by Gasteiger charge is 2.30. The van der Waals surface area contributed by atoms with E-state index in [-0.39, 0.29) is 12.1 Å². The van der Waals surface area contributed by atoms with Gasteiger partial charge in [-0.2, -0.15) is 0 Å². The van der Waals surface area contributed by atoms with Gasteiger partial charge in [0.15, 0.2) is 0 Å². The van der Waals surface area contributed by atoms with E-state index in [1.807, 2.05) is 45.0 Å². The number of nitrogens with one attached hydrogen (secondary N) is 1. The van der Waals surface area contributed by atoms with Gasteiger partial charge in [-0.25, -0.2) is 14.8 Å². The second-order valence-electron chi connectivity index (χ2n) is 6.80. The van der Waals surface area contributed by atoms with Crippen LogP contribution in [-0.2, 0) is 4.74 Å². The van der Waals surface area contributed by atoms with E-state index in [4.69, 9.17) is 4.74 Å². The molecule has 6 nitrogen and oxygen atoms in total. The van der Waals surface area contributed by atoms with Crippen molar-refractivity contribution < 1.29 is 9.53 Å². The molecule has 1 saturated heterocycles. The van der Waals surface area contributed by atoms with E-state index in [0.717, 1.165) is 23.1 Å². The fourth-order valence-electron chi connectivity index (χ4n) is 2.68. The van der Waals surface area contributed by atoms with E-state index in [1.54, 1.807) is 11.2 Å². The van der Waals surface area contributed by atoms with Crippen LogP contribution >= 0.6 is 0 Å². The Bertz CT molecular complexity index is 706. The number of nitrogens with zero attached hydrogens (tertiary/aromatic N) is 3. The Hall–Kier alpha value is -2.37. The molecule has 0 aliphatic carbocycles. The normalized spacial score (nSPS) is 18.2. The molecule has 0 radical (unpaired) electrons. The fourth-order valence-corrected chi connectivity index (χ4v) is 2.68. The van der Waals surface area contributed by atoms with Gasteiger partial charge in [0.05, 0.1) is 5.52 Å². The van der Waals surface area contributed by atoms with Crippen LogP contribution in [0.25, 0.3) is 10.9 Å².